The summed E-state index contributed by atoms with van der Waals surface area (Å²) in [7, 11) is 0. The number of amides is 1. The van der Waals surface area contributed by atoms with Crippen LogP contribution in [0.4, 0.5) is 0 Å². The zero-order chi connectivity index (χ0) is 12.7. The number of carbonyl (C=O) groups is 1. The van der Waals surface area contributed by atoms with Crippen LogP contribution in [0.1, 0.15) is 28.8 Å². The number of phenolic OH excluding ortho intramolecular Hbond substituents is 1. The van der Waals surface area contributed by atoms with Gasteiger partial charge in [0.05, 0.1) is 12.2 Å². The molecular weight excluding hydrogens is 230 g/mol. The van der Waals surface area contributed by atoms with Crippen molar-refractivity contribution in [2.45, 2.75) is 32.0 Å². The molecule has 2 unspecified atom stereocenters. The van der Waals surface area contributed by atoms with E-state index in [0.29, 0.717) is 18.7 Å². The fourth-order valence-electron chi connectivity index (χ4n) is 2.71. The lowest BCUT2D eigenvalue weighted by molar-refractivity contribution is -0.0303. The van der Waals surface area contributed by atoms with E-state index in [1.807, 2.05) is 11.8 Å². The van der Waals surface area contributed by atoms with E-state index in [2.05, 4.69) is 0 Å². The van der Waals surface area contributed by atoms with Gasteiger partial charge in [-0.1, -0.05) is 6.07 Å². The lowest BCUT2D eigenvalue weighted by Crippen LogP contribution is -2.45. The second kappa shape index (κ2) is 4.28. The van der Waals surface area contributed by atoms with Gasteiger partial charge in [0.1, 0.15) is 5.75 Å². The number of rotatable bonds is 1. The maximum atomic E-state index is 12.3. The van der Waals surface area contributed by atoms with Crippen LogP contribution in [-0.4, -0.2) is 41.2 Å². The number of hydrogen-bond donors (Lipinski definition) is 1. The lowest BCUT2D eigenvalue weighted by Gasteiger charge is -2.32. The third-order valence-electron chi connectivity index (χ3n) is 3.79. The highest BCUT2D eigenvalue weighted by atomic mass is 16.5. The zero-order valence-corrected chi connectivity index (χ0v) is 10.4. The number of benzene rings is 1. The Morgan fingerprint density at radius 2 is 2.00 bits per heavy atom. The largest absolute Gasteiger partial charge is 0.508 e. The Balaban J connectivity index is 1.79. The fraction of sp³-hybridized carbons (Fsp3) is 0.500. The maximum Gasteiger partial charge on any atom is 0.254 e. The number of morpholine rings is 1. The molecule has 2 aliphatic rings. The molecular formula is C14H17NO3. The summed E-state index contributed by atoms with van der Waals surface area (Å²) in [6, 6.07) is 5.10. The Labute approximate surface area is 106 Å². The first-order valence-corrected chi connectivity index (χ1v) is 6.38. The standard InChI is InChI=1S/C14H17NO3/c1-9-2-3-10(6-13(9)16)14(17)15-7-11-4-5-12(8-15)18-11/h2-3,6,11-12,16H,4-5,7-8H2,1H3. The van der Waals surface area contributed by atoms with Crippen molar-refractivity contribution in [3.63, 3.8) is 0 Å². The first-order chi connectivity index (χ1) is 8.63. The molecule has 2 fully saturated rings. The molecule has 2 heterocycles. The minimum absolute atomic E-state index is 0.00880. The molecule has 96 valence electrons. The molecule has 18 heavy (non-hydrogen) atoms. The molecule has 2 bridgehead atoms. The Morgan fingerprint density at radius 3 is 2.61 bits per heavy atom. The maximum absolute atomic E-state index is 12.3. The van der Waals surface area contributed by atoms with Crippen molar-refractivity contribution in [2.24, 2.45) is 0 Å². The fourth-order valence-corrected chi connectivity index (χ4v) is 2.71. The third kappa shape index (κ3) is 1.97. The van der Waals surface area contributed by atoms with Crippen molar-refractivity contribution in [3.05, 3.63) is 29.3 Å². The Kier molecular flexibility index (Phi) is 2.74. The molecule has 0 spiro atoms. The van der Waals surface area contributed by atoms with Crippen LogP contribution >= 0.6 is 0 Å². The number of nitrogens with zero attached hydrogens (tertiary/aromatic N) is 1. The highest BCUT2D eigenvalue weighted by molar-refractivity contribution is 5.94. The first-order valence-electron chi connectivity index (χ1n) is 6.38. The number of phenols is 1. The molecule has 4 nitrogen and oxygen atoms in total. The van der Waals surface area contributed by atoms with Gasteiger partial charge in [-0.2, -0.15) is 0 Å². The molecule has 1 N–H and O–H groups in total. The van der Waals surface area contributed by atoms with E-state index in [1.54, 1.807) is 18.2 Å². The minimum atomic E-state index is -0.00880. The predicted octanol–water partition coefficient (Wildman–Crippen LogP) is 1.70. The van der Waals surface area contributed by atoms with Crippen molar-refractivity contribution in [1.82, 2.24) is 4.90 Å². The number of ether oxygens (including phenoxy) is 1. The molecule has 0 radical (unpaired) electrons. The average molecular weight is 247 g/mol. The Hall–Kier alpha value is -1.55. The number of hydrogen-bond acceptors (Lipinski definition) is 3. The molecule has 0 aliphatic carbocycles. The topological polar surface area (TPSA) is 49.8 Å². The van der Waals surface area contributed by atoms with Gasteiger partial charge < -0.3 is 14.7 Å². The van der Waals surface area contributed by atoms with Crippen molar-refractivity contribution >= 4 is 5.91 Å². The average Bonchev–Trinajstić information content (AvgIpc) is 2.71. The molecule has 1 amide bonds. The van der Waals surface area contributed by atoms with Gasteiger partial charge in [0, 0.05) is 18.7 Å². The highest BCUT2D eigenvalue weighted by Crippen LogP contribution is 2.27. The summed E-state index contributed by atoms with van der Waals surface area (Å²) >= 11 is 0. The van der Waals surface area contributed by atoms with Crippen molar-refractivity contribution < 1.29 is 14.6 Å². The third-order valence-corrected chi connectivity index (χ3v) is 3.79. The molecule has 1 aromatic carbocycles. The quantitative estimate of drug-likeness (QED) is 0.821. The predicted molar refractivity (Wildman–Crippen MR) is 66.6 cm³/mol. The molecule has 3 rings (SSSR count). The van der Waals surface area contributed by atoms with Gasteiger partial charge in [-0.3, -0.25) is 4.79 Å². The molecule has 2 atom stereocenters. The molecule has 0 saturated carbocycles. The van der Waals surface area contributed by atoms with E-state index in [1.165, 1.54) is 0 Å². The summed E-state index contributed by atoms with van der Waals surface area (Å²) in [6.45, 7) is 3.16. The first kappa shape index (κ1) is 11.5. The van der Waals surface area contributed by atoms with Gasteiger partial charge in [-0.05, 0) is 37.5 Å². The van der Waals surface area contributed by atoms with Crippen LogP contribution in [0.25, 0.3) is 0 Å². The lowest BCUT2D eigenvalue weighted by atomic mass is 10.1. The summed E-state index contributed by atoms with van der Waals surface area (Å²) in [4.78, 5) is 14.2. The van der Waals surface area contributed by atoms with Crippen molar-refractivity contribution in [1.29, 1.82) is 0 Å². The monoisotopic (exact) mass is 247 g/mol. The summed E-state index contributed by atoms with van der Waals surface area (Å²) in [6.07, 6.45) is 2.50. The number of aryl methyl sites for hydroxylation is 1. The second-order valence-electron chi connectivity index (χ2n) is 5.17. The zero-order valence-electron chi connectivity index (χ0n) is 10.4. The van der Waals surface area contributed by atoms with Crippen LogP contribution in [0.3, 0.4) is 0 Å². The van der Waals surface area contributed by atoms with Crippen LogP contribution in [0.5, 0.6) is 5.75 Å². The van der Waals surface area contributed by atoms with Gasteiger partial charge in [0.15, 0.2) is 0 Å². The normalized spacial score (nSPS) is 26.4. The molecule has 4 heteroatoms. The summed E-state index contributed by atoms with van der Waals surface area (Å²) in [5.41, 5.74) is 1.34. The van der Waals surface area contributed by atoms with Crippen LogP contribution in [-0.2, 0) is 4.74 Å². The number of aromatic hydroxyl groups is 1. The summed E-state index contributed by atoms with van der Waals surface area (Å²) in [5.74, 6) is 0.169. The van der Waals surface area contributed by atoms with E-state index in [4.69, 9.17) is 4.74 Å². The van der Waals surface area contributed by atoms with Crippen LogP contribution < -0.4 is 0 Å². The second-order valence-corrected chi connectivity index (χ2v) is 5.17. The van der Waals surface area contributed by atoms with E-state index in [9.17, 15) is 9.90 Å². The molecule has 1 aromatic rings. The van der Waals surface area contributed by atoms with Crippen molar-refractivity contribution in [2.75, 3.05) is 13.1 Å². The van der Waals surface area contributed by atoms with Gasteiger partial charge in [-0.25, -0.2) is 0 Å². The minimum Gasteiger partial charge on any atom is -0.508 e. The smallest absolute Gasteiger partial charge is 0.254 e. The van der Waals surface area contributed by atoms with Crippen LogP contribution in [0.2, 0.25) is 0 Å². The van der Waals surface area contributed by atoms with Gasteiger partial charge >= 0.3 is 0 Å². The number of carbonyl (C=O) groups excluding carboxylic acids is 1. The van der Waals surface area contributed by atoms with Crippen LogP contribution in [0, 0.1) is 6.92 Å². The number of likely N-dealkylation sites (tertiary alicyclic amines) is 1. The van der Waals surface area contributed by atoms with E-state index in [-0.39, 0.29) is 23.9 Å². The van der Waals surface area contributed by atoms with E-state index >= 15 is 0 Å². The van der Waals surface area contributed by atoms with Crippen molar-refractivity contribution in [3.8, 4) is 5.75 Å². The molecule has 2 aliphatic heterocycles. The Bertz CT molecular complexity index is 474. The summed E-state index contributed by atoms with van der Waals surface area (Å²) in [5, 5.41) is 9.67. The Morgan fingerprint density at radius 1 is 1.33 bits per heavy atom. The summed E-state index contributed by atoms with van der Waals surface area (Å²) < 4.78 is 5.71. The van der Waals surface area contributed by atoms with Gasteiger partial charge in [0.2, 0.25) is 0 Å². The molecule has 2 saturated heterocycles. The van der Waals surface area contributed by atoms with Gasteiger partial charge in [0.25, 0.3) is 5.91 Å². The van der Waals surface area contributed by atoms with Crippen LogP contribution in [0.15, 0.2) is 18.2 Å². The number of fused-ring (bicyclic) bond motifs is 2. The van der Waals surface area contributed by atoms with Gasteiger partial charge in [-0.15, -0.1) is 0 Å². The van der Waals surface area contributed by atoms with E-state index < -0.39 is 0 Å². The SMILES string of the molecule is Cc1ccc(C(=O)N2CC3CCC(C2)O3)cc1O. The highest BCUT2D eigenvalue weighted by Gasteiger charge is 2.35. The van der Waals surface area contributed by atoms with E-state index in [0.717, 1.165) is 18.4 Å². The molecule has 0 aromatic heterocycles.